The second kappa shape index (κ2) is 10.3. The predicted molar refractivity (Wildman–Crippen MR) is 129 cm³/mol. The maximum absolute atomic E-state index is 11.3. The Labute approximate surface area is 189 Å². The normalized spacial score (nSPS) is 18.9. The van der Waals surface area contributed by atoms with Crippen LogP contribution in [-0.2, 0) is 10.0 Å². The molecule has 0 radical (unpaired) electrons. The summed E-state index contributed by atoms with van der Waals surface area (Å²) in [5, 5.41) is 7.87. The van der Waals surface area contributed by atoms with Crippen LogP contribution in [-0.4, -0.2) is 37.2 Å². The number of benzene rings is 2. The molecule has 0 unspecified atom stereocenters. The Morgan fingerprint density at radius 1 is 0.935 bits per heavy atom. The summed E-state index contributed by atoms with van der Waals surface area (Å²) in [6.45, 7) is 0.517. The van der Waals surface area contributed by atoms with Gasteiger partial charge in [0.2, 0.25) is 16.0 Å². The van der Waals surface area contributed by atoms with Crippen LogP contribution in [0.3, 0.4) is 0 Å². The van der Waals surface area contributed by atoms with Crippen LogP contribution in [0.15, 0.2) is 54.6 Å². The summed E-state index contributed by atoms with van der Waals surface area (Å²) in [6.07, 6.45) is 5.09. The molecule has 0 saturated heterocycles. The first kappa shape index (κ1) is 23.2. The minimum Gasteiger partial charge on any atom is -0.351 e. The number of hydrogen-bond donors (Lipinski definition) is 3. The number of rotatable bonds is 7. The van der Waals surface area contributed by atoms with Crippen LogP contribution in [0.25, 0.3) is 10.9 Å². The Morgan fingerprint density at radius 3 is 2.32 bits per heavy atom. The summed E-state index contributed by atoms with van der Waals surface area (Å²) in [6, 6.07) is 18.2. The van der Waals surface area contributed by atoms with Crippen LogP contribution in [0.5, 0.6) is 0 Å². The smallest absolute Gasteiger partial charge is 0.225 e. The molecule has 1 aliphatic rings. The topological polar surface area (TPSA) is 96.0 Å². The third-order valence-electron chi connectivity index (χ3n) is 5.45. The van der Waals surface area contributed by atoms with E-state index in [2.05, 4.69) is 15.4 Å². The van der Waals surface area contributed by atoms with Crippen LogP contribution in [0.4, 0.5) is 17.5 Å². The predicted octanol–water partition coefficient (Wildman–Crippen LogP) is 4.32. The van der Waals surface area contributed by atoms with Gasteiger partial charge in [0.05, 0.1) is 11.8 Å². The first-order chi connectivity index (χ1) is 14.5. The third kappa shape index (κ3) is 6.53. The number of anilines is 3. The number of sulfonamides is 1. The van der Waals surface area contributed by atoms with Crippen molar-refractivity contribution in [3.63, 3.8) is 0 Å². The van der Waals surface area contributed by atoms with Crippen molar-refractivity contribution in [3.05, 3.63) is 54.6 Å². The molecule has 3 N–H and O–H groups in total. The number of nitrogens with zero attached hydrogens (tertiary/aromatic N) is 2. The molecule has 0 atom stereocenters. The minimum atomic E-state index is -3.13. The van der Waals surface area contributed by atoms with E-state index in [1.165, 1.54) is 6.26 Å². The van der Waals surface area contributed by atoms with Gasteiger partial charge < -0.3 is 10.6 Å². The highest BCUT2D eigenvalue weighted by molar-refractivity contribution is 7.88. The van der Waals surface area contributed by atoms with E-state index in [4.69, 9.17) is 9.97 Å². The molecule has 1 aromatic heterocycles. The number of hydrogen-bond acceptors (Lipinski definition) is 6. The van der Waals surface area contributed by atoms with E-state index < -0.39 is 10.0 Å². The van der Waals surface area contributed by atoms with Gasteiger partial charge in [0.1, 0.15) is 5.82 Å². The summed E-state index contributed by atoms with van der Waals surface area (Å²) in [5.74, 6) is 1.77. The molecule has 0 aliphatic heterocycles. The number of nitrogens with one attached hydrogen (secondary N) is 3. The number of aromatic nitrogens is 2. The molecule has 1 saturated carbocycles. The zero-order chi connectivity index (χ0) is 21.0. The first-order valence-corrected chi connectivity index (χ1v) is 12.2. The fourth-order valence-corrected chi connectivity index (χ4v) is 4.40. The average molecular weight is 462 g/mol. The Hall–Kier alpha value is -2.42. The third-order valence-corrected chi connectivity index (χ3v) is 6.14. The molecule has 1 heterocycles. The first-order valence-electron chi connectivity index (χ1n) is 10.3. The molecule has 0 spiro atoms. The lowest BCUT2D eigenvalue weighted by atomic mass is 9.86. The van der Waals surface area contributed by atoms with Crippen molar-refractivity contribution in [1.29, 1.82) is 0 Å². The van der Waals surface area contributed by atoms with E-state index in [-0.39, 0.29) is 18.4 Å². The molecule has 2 aromatic carbocycles. The van der Waals surface area contributed by atoms with E-state index in [1.807, 2.05) is 54.6 Å². The lowest BCUT2D eigenvalue weighted by molar-refractivity contribution is 0.337. The van der Waals surface area contributed by atoms with Crippen LogP contribution < -0.4 is 15.4 Å². The Bertz CT molecular complexity index is 1100. The van der Waals surface area contributed by atoms with Gasteiger partial charge in [-0.1, -0.05) is 30.3 Å². The lowest BCUT2D eigenvalue weighted by Gasteiger charge is -2.29. The molecular formula is C22H28ClN5O2S. The summed E-state index contributed by atoms with van der Waals surface area (Å²) in [4.78, 5) is 9.46. The Morgan fingerprint density at radius 2 is 1.61 bits per heavy atom. The fourth-order valence-electron chi connectivity index (χ4n) is 3.86. The SMILES string of the molecule is CS(=O)(=O)NC[C@H]1CC[C@H](Nc2nc(Nc3ccccc3)c3ccccc3n2)CC1.Cl. The summed E-state index contributed by atoms with van der Waals surface area (Å²) in [7, 11) is -3.13. The van der Waals surface area contributed by atoms with Gasteiger partial charge in [0, 0.05) is 23.7 Å². The van der Waals surface area contributed by atoms with Gasteiger partial charge in [-0.25, -0.2) is 18.1 Å². The minimum absolute atomic E-state index is 0. The fraction of sp³-hybridized carbons (Fsp3) is 0.364. The number of para-hydroxylation sites is 2. The zero-order valence-electron chi connectivity index (χ0n) is 17.4. The van der Waals surface area contributed by atoms with Crippen LogP contribution in [0, 0.1) is 5.92 Å². The second-order valence-electron chi connectivity index (χ2n) is 7.89. The van der Waals surface area contributed by atoms with Crippen LogP contribution in [0.2, 0.25) is 0 Å². The molecule has 166 valence electrons. The summed E-state index contributed by atoms with van der Waals surface area (Å²) in [5.41, 5.74) is 1.87. The van der Waals surface area contributed by atoms with Crippen molar-refractivity contribution in [2.75, 3.05) is 23.4 Å². The highest BCUT2D eigenvalue weighted by atomic mass is 35.5. The Kier molecular flexibility index (Phi) is 7.69. The molecule has 4 rings (SSSR count). The maximum atomic E-state index is 11.3. The standard InChI is InChI=1S/C22H27N5O2S.ClH/c1-30(28,29)23-15-16-11-13-18(14-12-16)25-22-26-20-10-6-5-9-19(20)21(27-22)24-17-7-3-2-4-8-17;/h2-10,16,18,23H,11-15H2,1H3,(H2,24,25,26,27);1H/t16-,18-;. The van der Waals surface area contributed by atoms with E-state index >= 15 is 0 Å². The molecule has 9 heteroatoms. The van der Waals surface area contributed by atoms with Crippen molar-refractivity contribution >= 4 is 50.8 Å². The Balaban J connectivity index is 0.00000272. The van der Waals surface area contributed by atoms with E-state index in [1.54, 1.807) is 0 Å². The zero-order valence-corrected chi connectivity index (χ0v) is 19.0. The highest BCUT2D eigenvalue weighted by Crippen LogP contribution is 2.28. The number of fused-ring (bicyclic) bond motifs is 1. The second-order valence-corrected chi connectivity index (χ2v) is 9.72. The average Bonchev–Trinajstić information content (AvgIpc) is 2.73. The largest absolute Gasteiger partial charge is 0.351 e. The van der Waals surface area contributed by atoms with Crippen molar-refractivity contribution in [1.82, 2.24) is 14.7 Å². The van der Waals surface area contributed by atoms with Crippen molar-refractivity contribution in [3.8, 4) is 0 Å². The van der Waals surface area contributed by atoms with Gasteiger partial charge in [-0.3, -0.25) is 0 Å². The van der Waals surface area contributed by atoms with Gasteiger partial charge in [0.25, 0.3) is 0 Å². The summed E-state index contributed by atoms with van der Waals surface area (Å²) >= 11 is 0. The quantitative estimate of drug-likeness (QED) is 0.485. The van der Waals surface area contributed by atoms with E-state index in [0.717, 1.165) is 48.1 Å². The van der Waals surface area contributed by atoms with E-state index in [9.17, 15) is 8.42 Å². The van der Waals surface area contributed by atoms with Gasteiger partial charge >= 0.3 is 0 Å². The maximum Gasteiger partial charge on any atom is 0.225 e. The van der Waals surface area contributed by atoms with Gasteiger partial charge in [-0.05, 0) is 55.9 Å². The van der Waals surface area contributed by atoms with Gasteiger partial charge in [-0.15, -0.1) is 12.4 Å². The highest BCUT2D eigenvalue weighted by Gasteiger charge is 2.22. The molecule has 1 fully saturated rings. The van der Waals surface area contributed by atoms with Gasteiger partial charge in [-0.2, -0.15) is 4.98 Å². The molecule has 3 aromatic rings. The van der Waals surface area contributed by atoms with Crippen molar-refractivity contribution in [2.45, 2.75) is 31.7 Å². The molecule has 0 amide bonds. The molecule has 7 nitrogen and oxygen atoms in total. The monoisotopic (exact) mass is 461 g/mol. The molecule has 31 heavy (non-hydrogen) atoms. The van der Waals surface area contributed by atoms with Crippen LogP contribution in [0.1, 0.15) is 25.7 Å². The van der Waals surface area contributed by atoms with E-state index in [0.29, 0.717) is 18.4 Å². The lowest BCUT2D eigenvalue weighted by Crippen LogP contribution is -2.33. The van der Waals surface area contributed by atoms with Gasteiger partial charge in [0.15, 0.2) is 0 Å². The summed E-state index contributed by atoms with van der Waals surface area (Å²) < 4.78 is 25.2. The van der Waals surface area contributed by atoms with Crippen molar-refractivity contribution in [2.24, 2.45) is 5.92 Å². The molecular weight excluding hydrogens is 434 g/mol. The molecule has 1 aliphatic carbocycles. The van der Waals surface area contributed by atoms with Crippen LogP contribution >= 0.6 is 12.4 Å². The molecule has 0 bridgehead atoms. The number of halogens is 1. The van der Waals surface area contributed by atoms with Crippen molar-refractivity contribution < 1.29 is 8.42 Å².